The molecule has 1 fully saturated rings. The second-order valence-corrected chi connectivity index (χ2v) is 4.72. The van der Waals surface area contributed by atoms with Crippen LogP contribution in [0.15, 0.2) is 0 Å². The second-order valence-electron chi connectivity index (χ2n) is 4.72. The van der Waals surface area contributed by atoms with Gasteiger partial charge in [0.05, 0.1) is 0 Å². The molecule has 0 bridgehead atoms. The minimum absolute atomic E-state index is 0.369. The average Bonchev–Trinajstić information content (AvgIpc) is 2.47. The molecule has 0 amide bonds. The molecule has 2 atom stereocenters. The predicted molar refractivity (Wildman–Crippen MR) is 53.4 cm³/mol. The lowest BCUT2D eigenvalue weighted by atomic mass is 10.1. The van der Waals surface area contributed by atoms with Gasteiger partial charge >= 0.3 is 11.9 Å². The highest BCUT2D eigenvalue weighted by Gasteiger charge is 2.35. The molecule has 0 aliphatic carbocycles. The van der Waals surface area contributed by atoms with Gasteiger partial charge in [0.1, 0.15) is 17.7 Å². The van der Waals surface area contributed by atoms with E-state index in [-0.39, 0.29) is 5.97 Å². The third-order valence-corrected chi connectivity index (χ3v) is 2.14. The number of ether oxygens (including phenoxy) is 1. The molecule has 1 aliphatic rings. The van der Waals surface area contributed by atoms with E-state index in [9.17, 15) is 9.59 Å². The van der Waals surface area contributed by atoms with Crippen LogP contribution < -0.4 is 5.32 Å². The quantitative estimate of drug-likeness (QED) is 0.657. The van der Waals surface area contributed by atoms with Crippen molar-refractivity contribution in [3.05, 3.63) is 0 Å². The van der Waals surface area contributed by atoms with Gasteiger partial charge < -0.3 is 9.84 Å². The van der Waals surface area contributed by atoms with E-state index in [4.69, 9.17) is 9.84 Å². The molecule has 1 rings (SSSR count). The fourth-order valence-corrected chi connectivity index (χ4v) is 1.50. The summed E-state index contributed by atoms with van der Waals surface area (Å²) in [6.45, 7) is 5.36. The first-order valence-electron chi connectivity index (χ1n) is 5.01. The van der Waals surface area contributed by atoms with E-state index in [0.29, 0.717) is 12.8 Å². The number of carbonyl (C=O) groups is 2. The van der Waals surface area contributed by atoms with Crippen molar-refractivity contribution in [3.63, 3.8) is 0 Å². The smallest absolute Gasteiger partial charge is 0.323 e. The minimum atomic E-state index is -0.916. The number of esters is 1. The summed E-state index contributed by atoms with van der Waals surface area (Å²) in [4.78, 5) is 22.2. The molecule has 1 heterocycles. The summed E-state index contributed by atoms with van der Waals surface area (Å²) in [5.41, 5.74) is -0.528. The Hall–Kier alpha value is -1.10. The molecule has 1 aliphatic heterocycles. The van der Waals surface area contributed by atoms with Crippen LogP contribution in [0.25, 0.3) is 0 Å². The molecular formula is C10H17NO4. The highest BCUT2D eigenvalue weighted by molar-refractivity contribution is 5.80. The Kier molecular flexibility index (Phi) is 3.34. The number of hydrogen-bond donors (Lipinski definition) is 2. The van der Waals surface area contributed by atoms with E-state index < -0.39 is 23.7 Å². The number of hydrogen-bond acceptors (Lipinski definition) is 4. The van der Waals surface area contributed by atoms with Crippen LogP contribution in [0.5, 0.6) is 0 Å². The highest BCUT2D eigenvalue weighted by atomic mass is 16.6. The van der Waals surface area contributed by atoms with Gasteiger partial charge in [-0.1, -0.05) is 0 Å². The zero-order valence-corrected chi connectivity index (χ0v) is 9.24. The van der Waals surface area contributed by atoms with E-state index in [1.54, 1.807) is 20.8 Å². The van der Waals surface area contributed by atoms with Gasteiger partial charge in [-0.3, -0.25) is 14.9 Å². The summed E-state index contributed by atoms with van der Waals surface area (Å²) in [7, 11) is 0. The summed E-state index contributed by atoms with van der Waals surface area (Å²) in [5, 5.41) is 11.5. The van der Waals surface area contributed by atoms with Crippen molar-refractivity contribution in [2.45, 2.75) is 51.3 Å². The van der Waals surface area contributed by atoms with E-state index >= 15 is 0 Å². The molecule has 1 saturated heterocycles. The molecule has 5 heteroatoms. The monoisotopic (exact) mass is 215 g/mol. The Bertz CT molecular complexity index is 269. The van der Waals surface area contributed by atoms with Gasteiger partial charge in [-0.15, -0.1) is 0 Å². The van der Waals surface area contributed by atoms with Crippen molar-refractivity contribution in [2.24, 2.45) is 0 Å². The summed E-state index contributed by atoms with van der Waals surface area (Å²) in [6.07, 6.45) is 0.991. The van der Waals surface area contributed by atoms with Gasteiger partial charge in [0.2, 0.25) is 0 Å². The van der Waals surface area contributed by atoms with Crippen LogP contribution in [-0.2, 0) is 14.3 Å². The molecule has 0 aromatic carbocycles. The van der Waals surface area contributed by atoms with Crippen molar-refractivity contribution in [1.29, 1.82) is 0 Å². The van der Waals surface area contributed by atoms with Crippen LogP contribution >= 0.6 is 0 Å². The molecule has 0 saturated carbocycles. The van der Waals surface area contributed by atoms with Gasteiger partial charge in [-0.2, -0.15) is 0 Å². The first-order valence-corrected chi connectivity index (χ1v) is 5.01. The van der Waals surface area contributed by atoms with E-state index in [2.05, 4.69) is 5.32 Å². The SMILES string of the molecule is CC(C)(C)OC(=O)C1CC[C@@H](C(=O)O)N1. The first kappa shape index (κ1) is 12.0. The Labute approximate surface area is 88.8 Å². The molecule has 15 heavy (non-hydrogen) atoms. The molecule has 0 aromatic heterocycles. The summed E-state index contributed by atoms with van der Waals surface area (Å²) < 4.78 is 5.16. The van der Waals surface area contributed by atoms with Gasteiger partial charge in [0.25, 0.3) is 0 Å². The number of aliphatic carboxylic acids is 1. The van der Waals surface area contributed by atoms with Gasteiger partial charge in [-0.05, 0) is 33.6 Å². The third kappa shape index (κ3) is 3.51. The third-order valence-electron chi connectivity index (χ3n) is 2.14. The van der Waals surface area contributed by atoms with Crippen LogP contribution in [0.2, 0.25) is 0 Å². The Morgan fingerprint density at radius 3 is 2.20 bits per heavy atom. The van der Waals surface area contributed by atoms with Crippen LogP contribution in [0.4, 0.5) is 0 Å². The van der Waals surface area contributed by atoms with Crippen molar-refractivity contribution in [2.75, 3.05) is 0 Å². The van der Waals surface area contributed by atoms with Gasteiger partial charge in [-0.25, -0.2) is 0 Å². The Morgan fingerprint density at radius 2 is 1.80 bits per heavy atom. The molecule has 5 nitrogen and oxygen atoms in total. The van der Waals surface area contributed by atoms with Crippen LogP contribution in [0, 0.1) is 0 Å². The van der Waals surface area contributed by atoms with Crippen LogP contribution in [0.3, 0.4) is 0 Å². The van der Waals surface area contributed by atoms with E-state index in [0.717, 1.165) is 0 Å². The lowest BCUT2D eigenvalue weighted by Gasteiger charge is -2.22. The van der Waals surface area contributed by atoms with Crippen molar-refractivity contribution >= 4 is 11.9 Å². The molecule has 86 valence electrons. The van der Waals surface area contributed by atoms with Crippen LogP contribution in [-0.4, -0.2) is 34.7 Å². The topological polar surface area (TPSA) is 75.6 Å². The maximum Gasteiger partial charge on any atom is 0.323 e. The number of nitrogens with one attached hydrogen (secondary N) is 1. The zero-order valence-electron chi connectivity index (χ0n) is 9.24. The first-order chi connectivity index (χ1) is 6.79. The molecule has 2 N–H and O–H groups in total. The van der Waals surface area contributed by atoms with E-state index in [1.807, 2.05) is 0 Å². The minimum Gasteiger partial charge on any atom is -0.480 e. The maximum atomic E-state index is 11.6. The molecular weight excluding hydrogens is 198 g/mol. The normalized spacial score (nSPS) is 26.3. The number of carbonyl (C=O) groups excluding carboxylic acids is 1. The predicted octanol–water partition coefficient (Wildman–Crippen LogP) is 0.533. The molecule has 0 spiro atoms. The number of carboxylic acid groups (broad SMARTS) is 1. The van der Waals surface area contributed by atoms with Crippen molar-refractivity contribution in [3.8, 4) is 0 Å². The maximum absolute atomic E-state index is 11.6. The Morgan fingerprint density at radius 1 is 1.27 bits per heavy atom. The fourth-order valence-electron chi connectivity index (χ4n) is 1.50. The summed E-state index contributed by atoms with van der Waals surface area (Å²) in [6, 6.07) is -1.10. The lowest BCUT2D eigenvalue weighted by Crippen LogP contribution is -2.42. The largest absolute Gasteiger partial charge is 0.480 e. The Balaban J connectivity index is 2.47. The number of carboxylic acids is 1. The second kappa shape index (κ2) is 4.18. The average molecular weight is 215 g/mol. The zero-order chi connectivity index (χ0) is 11.6. The summed E-state index contributed by atoms with van der Waals surface area (Å²) >= 11 is 0. The van der Waals surface area contributed by atoms with Crippen molar-refractivity contribution in [1.82, 2.24) is 5.32 Å². The van der Waals surface area contributed by atoms with E-state index in [1.165, 1.54) is 0 Å². The van der Waals surface area contributed by atoms with Gasteiger partial charge in [0.15, 0.2) is 0 Å². The lowest BCUT2D eigenvalue weighted by molar-refractivity contribution is -0.157. The highest BCUT2D eigenvalue weighted by Crippen LogP contribution is 2.16. The summed E-state index contributed by atoms with van der Waals surface area (Å²) in [5.74, 6) is -1.28. The fraction of sp³-hybridized carbons (Fsp3) is 0.800. The molecule has 0 aromatic rings. The van der Waals surface area contributed by atoms with Crippen LogP contribution in [0.1, 0.15) is 33.6 Å². The van der Waals surface area contributed by atoms with Gasteiger partial charge in [0, 0.05) is 0 Å². The number of rotatable bonds is 2. The van der Waals surface area contributed by atoms with Crippen molar-refractivity contribution < 1.29 is 19.4 Å². The standard InChI is InChI=1S/C10H17NO4/c1-10(2,3)15-9(14)7-5-4-6(11-7)8(12)13/h6-7,11H,4-5H2,1-3H3,(H,12,13)/t6-,7?/m0/s1. The molecule has 0 radical (unpaired) electrons. The molecule has 1 unspecified atom stereocenters.